The number of halogens is 2. The van der Waals surface area contributed by atoms with Crippen molar-refractivity contribution < 1.29 is 9.47 Å². The number of hydrogen-bond acceptors (Lipinski definition) is 6. The zero-order valence-electron chi connectivity index (χ0n) is 13.3. The van der Waals surface area contributed by atoms with Gasteiger partial charge in [0.1, 0.15) is 24.7 Å². The number of rotatable bonds is 6. The number of benzene rings is 2. The third-order valence-electron chi connectivity index (χ3n) is 3.45. The molecule has 0 aliphatic rings. The van der Waals surface area contributed by atoms with Gasteiger partial charge < -0.3 is 9.47 Å². The molecule has 9 heteroatoms. The Bertz CT molecular complexity index is 1040. The highest BCUT2D eigenvalue weighted by molar-refractivity contribution is 7.16. The molecule has 4 rings (SSSR count). The summed E-state index contributed by atoms with van der Waals surface area (Å²) < 4.78 is 13.1. The molecule has 6 nitrogen and oxygen atoms in total. The van der Waals surface area contributed by atoms with Crippen LogP contribution in [-0.2, 0) is 13.2 Å². The normalized spacial score (nSPS) is 11.0. The molecular weight excluding hydrogens is 395 g/mol. The highest BCUT2D eigenvalue weighted by Gasteiger charge is 2.13. The van der Waals surface area contributed by atoms with Gasteiger partial charge in [0.05, 0.1) is 5.02 Å². The predicted octanol–water partition coefficient (Wildman–Crippen LogP) is 4.65. The van der Waals surface area contributed by atoms with Crippen molar-refractivity contribution in [3.8, 4) is 11.5 Å². The quantitative estimate of drug-likeness (QED) is 0.466. The molecule has 0 saturated carbocycles. The lowest BCUT2D eigenvalue weighted by Crippen LogP contribution is -2.03. The first kappa shape index (κ1) is 17.1. The summed E-state index contributed by atoms with van der Waals surface area (Å²) in [6.07, 6.45) is 0. The van der Waals surface area contributed by atoms with E-state index < -0.39 is 0 Å². The summed E-state index contributed by atoms with van der Waals surface area (Å²) in [6.45, 7) is 0.548. The lowest BCUT2D eigenvalue weighted by molar-refractivity contribution is 0.290. The molecular formula is C17H12Cl2N4O2S. The first-order valence-electron chi connectivity index (χ1n) is 7.65. The minimum Gasteiger partial charge on any atom is -0.486 e. The summed E-state index contributed by atoms with van der Waals surface area (Å²) in [7, 11) is 0. The van der Waals surface area contributed by atoms with Crippen molar-refractivity contribution in [3.05, 3.63) is 69.4 Å². The average molecular weight is 407 g/mol. The lowest BCUT2D eigenvalue weighted by atomic mass is 10.3. The summed E-state index contributed by atoms with van der Waals surface area (Å²) in [4.78, 5) is 0.678. The highest BCUT2D eigenvalue weighted by atomic mass is 35.5. The van der Waals surface area contributed by atoms with Crippen LogP contribution in [0, 0.1) is 0 Å². The van der Waals surface area contributed by atoms with Crippen LogP contribution in [0.5, 0.6) is 11.5 Å². The van der Waals surface area contributed by atoms with Crippen LogP contribution in [0.3, 0.4) is 0 Å². The van der Waals surface area contributed by atoms with E-state index in [1.54, 1.807) is 22.7 Å². The SMILES string of the molecule is Clc1ccc(OCc2nn3c(COc4ccccc4)nnc3s2)c(Cl)c1. The lowest BCUT2D eigenvalue weighted by Gasteiger charge is -2.06. The van der Waals surface area contributed by atoms with Crippen LogP contribution >= 0.6 is 34.5 Å². The van der Waals surface area contributed by atoms with E-state index in [1.165, 1.54) is 11.3 Å². The number of aromatic nitrogens is 4. The van der Waals surface area contributed by atoms with Gasteiger partial charge in [-0.2, -0.15) is 9.61 Å². The van der Waals surface area contributed by atoms with E-state index in [2.05, 4.69) is 15.3 Å². The summed E-state index contributed by atoms with van der Waals surface area (Å²) in [5, 5.41) is 14.5. The summed E-state index contributed by atoms with van der Waals surface area (Å²) >= 11 is 13.4. The Labute approximate surface area is 162 Å². The standard InChI is InChI=1S/C17H12Cl2N4O2S/c18-11-6-7-14(13(19)8-11)25-10-16-22-23-15(20-21-17(23)26-16)9-24-12-4-2-1-3-5-12/h1-8H,9-10H2. The van der Waals surface area contributed by atoms with Crippen molar-refractivity contribution in [2.45, 2.75) is 13.2 Å². The van der Waals surface area contributed by atoms with E-state index in [9.17, 15) is 0 Å². The van der Waals surface area contributed by atoms with Crippen molar-refractivity contribution in [1.82, 2.24) is 19.8 Å². The van der Waals surface area contributed by atoms with Crippen LogP contribution in [0.2, 0.25) is 10.0 Å². The van der Waals surface area contributed by atoms with Gasteiger partial charge in [-0.25, -0.2) is 0 Å². The largest absolute Gasteiger partial charge is 0.486 e. The molecule has 2 aromatic carbocycles. The minimum absolute atomic E-state index is 0.272. The topological polar surface area (TPSA) is 61.5 Å². The first-order valence-corrected chi connectivity index (χ1v) is 9.22. The van der Waals surface area contributed by atoms with E-state index in [1.807, 2.05) is 30.3 Å². The van der Waals surface area contributed by atoms with E-state index in [4.69, 9.17) is 32.7 Å². The van der Waals surface area contributed by atoms with E-state index in [0.29, 0.717) is 26.6 Å². The van der Waals surface area contributed by atoms with Crippen LogP contribution in [0.25, 0.3) is 4.96 Å². The van der Waals surface area contributed by atoms with Gasteiger partial charge in [-0.1, -0.05) is 52.7 Å². The molecule has 0 unspecified atom stereocenters. The molecule has 0 aliphatic heterocycles. The molecule has 0 bridgehead atoms. The molecule has 0 spiro atoms. The number of hydrogen-bond donors (Lipinski definition) is 0. The molecule has 0 amide bonds. The second kappa shape index (κ2) is 7.49. The van der Waals surface area contributed by atoms with Gasteiger partial charge in [0.15, 0.2) is 10.8 Å². The Balaban J connectivity index is 1.45. The van der Waals surface area contributed by atoms with E-state index in [-0.39, 0.29) is 13.2 Å². The molecule has 2 heterocycles. The Morgan fingerprint density at radius 3 is 2.62 bits per heavy atom. The molecule has 2 aromatic heterocycles. The summed E-state index contributed by atoms with van der Waals surface area (Å²) in [5.74, 6) is 1.94. The molecule has 132 valence electrons. The number of ether oxygens (including phenoxy) is 2. The van der Waals surface area contributed by atoms with Crippen molar-refractivity contribution in [1.29, 1.82) is 0 Å². The van der Waals surface area contributed by atoms with Crippen molar-refractivity contribution in [3.63, 3.8) is 0 Å². The smallest absolute Gasteiger partial charge is 0.234 e. The van der Waals surface area contributed by atoms with Crippen molar-refractivity contribution in [2.75, 3.05) is 0 Å². The molecule has 0 N–H and O–H groups in total. The van der Waals surface area contributed by atoms with Crippen molar-refractivity contribution >= 4 is 39.5 Å². The third-order valence-corrected chi connectivity index (χ3v) is 4.86. The van der Waals surface area contributed by atoms with Gasteiger partial charge in [0.2, 0.25) is 4.96 Å². The zero-order chi connectivity index (χ0) is 17.9. The summed E-state index contributed by atoms with van der Waals surface area (Å²) in [6, 6.07) is 14.6. The maximum absolute atomic E-state index is 6.11. The molecule has 26 heavy (non-hydrogen) atoms. The van der Waals surface area contributed by atoms with Crippen LogP contribution in [0.4, 0.5) is 0 Å². The first-order chi connectivity index (χ1) is 12.7. The Morgan fingerprint density at radius 1 is 0.962 bits per heavy atom. The molecule has 0 radical (unpaired) electrons. The van der Waals surface area contributed by atoms with E-state index >= 15 is 0 Å². The fourth-order valence-corrected chi connectivity index (χ4v) is 3.47. The van der Waals surface area contributed by atoms with Gasteiger partial charge in [-0.15, -0.1) is 10.2 Å². The number of nitrogens with zero attached hydrogens (tertiary/aromatic N) is 4. The third kappa shape index (κ3) is 3.75. The maximum atomic E-state index is 6.11. The molecule has 0 fully saturated rings. The highest BCUT2D eigenvalue weighted by Crippen LogP contribution is 2.28. The number of para-hydroxylation sites is 1. The Hall–Kier alpha value is -2.35. The van der Waals surface area contributed by atoms with Crippen LogP contribution in [-0.4, -0.2) is 19.8 Å². The number of fused-ring (bicyclic) bond motifs is 1. The minimum atomic E-state index is 0.272. The fourth-order valence-electron chi connectivity index (χ4n) is 2.24. The predicted molar refractivity (Wildman–Crippen MR) is 100 cm³/mol. The van der Waals surface area contributed by atoms with Crippen LogP contribution in [0.1, 0.15) is 10.8 Å². The van der Waals surface area contributed by atoms with Crippen LogP contribution in [0.15, 0.2) is 48.5 Å². The monoisotopic (exact) mass is 406 g/mol. The Morgan fingerprint density at radius 2 is 1.81 bits per heavy atom. The van der Waals surface area contributed by atoms with Gasteiger partial charge in [-0.05, 0) is 30.3 Å². The van der Waals surface area contributed by atoms with Gasteiger partial charge in [0.25, 0.3) is 0 Å². The van der Waals surface area contributed by atoms with E-state index in [0.717, 1.165) is 10.8 Å². The molecule has 0 saturated heterocycles. The molecule has 0 aliphatic carbocycles. The fraction of sp³-hybridized carbons (Fsp3) is 0.118. The Kier molecular flexibility index (Phi) is 4.92. The summed E-state index contributed by atoms with van der Waals surface area (Å²) in [5.41, 5.74) is 0. The van der Waals surface area contributed by atoms with Gasteiger partial charge >= 0.3 is 0 Å². The molecule has 0 atom stereocenters. The van der Waals surface area contributed by atoms with Gasteiger partial charge in [-0.3, -0.25) is 0 Å². The second-order valence-electron chi connectivity index (χ2n) is 5.27. The second-order valence-corrected chi connectivity index (χ2v) is 7.16. The molecule has 4 aromatic rings. The van der Waals surface area contributed by atoms with Crippen LogP contribution < -0.4 is 9.47 Å². The van der Waals surface area contributed by atoms with Gasteiger partial charge in [0, 0.05) is 5.02 Å². The average Bonchev–Trinajstić information content (AvgIpc) is 3.21. The van der Waals surface area contributed by atoms with Crippen molar-refractivity contribution in [2.24, 2.45) is 0 Å². The zero-order valence-corrected chi connectivity index (χ0v) is 15.6. The maximum Gasteiger partial charge on any atom is 0.234 e.